The average molecular weight is 185 g/mol. The maximum absolute atomic E-state index is 11.5. The van der Waals surface area contributed by atoms with Crippen molar-refractivity contribution in [2.24, 2.45) is 0 Å². The van der Waals surface area contributed by atoms with E-state index in [2.05, 4.69) is 0 Å². The minimum atomic E-state index is 0.0379. The third kappa shape index (κ3) is 5.42. The summed E-state index contributed by atoms with van der Waals surface area (Å²) >= 11 is 0. The van der Waals surface area contributed by atoms with Gasteiger partial charge in [0, 0.05) is 25.8 Å². The second-order valence-electron chi connectivity index (χ2n) is 3.22. The number of aliphatic hydroxyl groups excluding tert-OH is 1. The molecule has 0 fully saturated rings. The molecular formula is C10H19NO2. The number of hydrogen-bond donors (Lipinski definition) is 1. The Balaban J connectivity index is 4.07. The average Bonchev–Trinajstić information content (AvgIpc) is 2.04. The molecule has 3 nitrogen and oxygen atoms in total. The molecule has 0 saturated carbocycles. The second kappa shape index (κ2) is 6.66. The Morgan fingerprint density at radius 2 is 2.08 bits per heavy atom. The number of amides is 1. The van der Waals surface area contributed by atoms with Crippen LogP contribution in [-0.4, -0.2) is 35.6 Å². The zero-order valence-electron chi connectivity index (χ0n) is 8.71. The van der Waals surface area contributed by atoms with E-state index in [0.29, 0.717) is 19.5 Å². The van der Waals surface area contributed by atoms with E-state index in [-0.39, 0.29) is 12.5 Å². The van der Waals surface area contributed by atoms with Gasteiger partial charge in [0.05, 0.1) is 0 Å². The highest BCUT2D eigenvalue weighted by Crippen LogP contribution is 1.97. The molecule has 0 saturated heterocycles. The van der Waals surface area contributed by atoms with Crippen LogP contribution in [0.4, 0.5) is 0 Å². The van der Waals surface area contributed by atoms with Gasteiger partial charge in [0.1, 0.15) is 0 Å². The topological polar surface area (TPSA) is 40.5 Å². The maximum Gasteiger partial charge on any atom is 0.246 e. The van der Waals surface area contributed by atoms with Gasteiger partial charge in [0.2, 0.25) is 5.91 Å². The molecule has 13 heavy (non-hydrogen) atoms. The molecule has 1 amide bonds. The van der Waals surface area contributed by atoms with Crippen LogP contribution in [-0.2, 0) is 4.79 Å². The molecule has 0 aromatic heterocycles. The van der Waals surface area contributed by atoms with Gasteiger partial charge < -0.3 is 10.0 Å². The molecule has 0 aromatic carbocycles. The van der Waals surface area contributed by atoms with Gasteiger partial charge in [-0.05, 0) is 27.2 Å². The van der Waals surface area contributed by atoms with Crippen LogP contribution in [0.25, 0.3) is 0 Å². The van der Waals surface area contributed by atoms with Gasteiger partial charge in [-0.2, -0.15) is 0 Å². The summed E-state index contributed by atoms with van der Waals surface area (Å²) in [6.45, 7) is 7.21. The standard InChI is InChI=1S/C10H19NO2/c1-4-11(6-5-7-12)10(13)8-9(2)3/h8,12H,4-7H2,1-3H3. The summed E-state index contributed by atoms with van der Waals surface area (Å²) in [5, 5.41) is 8.62. The van der Waals surface area contributed by atoms with E-state index < -0.39 is 0 Å². The van der Waals surface area contributed by atoms with Crippen molar-refractivity contribution in [1.82, 2.24) is 4.90 Å². The lowest BCUT2D eigenvalue weighted by atomic mass is 10.3. The van der Waals surface area contributed by atoms with Gasteiger partial charge in [0.15, 0.2) is 0 Å². The molecule has 0 aliphatic rings. The van der Waals surface area contributed by atoms with E-state index in [0.717, 1.165) is 5.57 Å². The number of rotatable bonds is 5. The minimum absolute atomic E-state index is 0.0379. The normalized spacial score (nSPS) is 9.54. The zero-order chi connectivity index (χ0) is 10.3. The summed E-state index contributed by atoms with van der Waals surface area (Å²) in [6, 6.07) is 0. The molecular weight excluding hydrogens is 166 g/mol. The number of aliphatic hydroxyl groups is 1. The Morgan fingerprint density at radius 3 is 2.46 bits per heavy atom. The fourth-order valence-electron chi connectivity index (χ4n) is 1.02. The molecule has 0 rings (SSSR count). The predicted molar refractivity (Wildman–Crippen MR) is 53.4 cm³/mol. The molecule has 0 heterocycles. The fraction of sp³-hybridized carbons (Fsp3) is 0.700. The Hall–Kier alpha value is -0.830. The SMILES string of the molecule is CCN(CCCO)C(=O)C=C(C)C. The fourth-order valence-corrected chi connectivity index (χ4v) is 1.02. The first kappa shape index (κ1) is 12.2. The van der Waals surface area contributed by atoms with Crippen molar-refractivity contribution in [2.45, 2.75) is 27.2 Å². The number of hydrogen-bond acceptors (Lipinski definition) is 2. The molecule has 0 aromatic rings. The van der Waals surface area contributed by atoms with Crippen LogP contribution < -0.4 is 0 Å². The van der Waals surface area contributed by atoms with Crippen molar-refractivity contribution < 1.29 is 9.90 Å². The van der Waals surface area contributed by atoms with Crippen molar-refractivity contribution >= 4 is 5.91 Å². The van der Waals surface area contributed by atoms with Crippen LogP contribution in [0.3, 0.4) is 0 Å². The summed E-state index contributed by atoms with van der Waals surface area (Å²) in [6.07, 6.45) is 2.27. The molecule has 0 radical (unpaired) electrons. The minimum Gasteiger partial charge on any atom is -0.396 e. The molecule has 0 atom stereocenters. The smallest absolute Gasteiger partial charge is 0.246 e. The van der Waals surface area contributed by atoms with Gasteiger partial charge in [-0.15, -0.1) is 0 Å². The zero-order valence-corrected chi connectivity index (χ0v) is 8.71. The summed E-state index contributed by atoms with van der Waals surface area (Å²) < 4.78 is 0. The highest BCUT2D eigenvalue weighted by molar-refractivity contribution is 5.88. The number of nitrogens with zero attached hydrogens (tertiary/aromatic N) is 1. The van der Waals surface area contributed by atoms with E-state index in [1.807, 2.05) is 20.8 Å². The van der Waals surface area contributed by atoms with E-state index >= 15 is 0 Å². The van der Waals surface area contributed by atoms with E-state index in [9.17, 15) is 4.79 Å². The highest BCUT2D eigenvalue weighted by atomic mass is 16.3. The van der Waals surface area contributed by atoms with Crippen molar-refractivity contribution in [3.63, 3.8) is 0 Å². The van der Waals surface area contributed by atoms with Gasteiger partial charge >= 0.3 is 0 Å². The van der Waals surface area contributed by atoms with Crippen LogP contribution in [0.5, 0.6) is 0 Å². The van der Waals surface area contributed by atoms with Crippen molar-refractivity contribution in [3.05, 3.63) is 11.6 Å². The van der Waals surface area contributed by atoms with Crippen LogP contribution in [0.15, 0.2) is 11.6 Å². The van der Waals surface area contributed by atoms with Crippen molar-refractivity contribution in [1.29, 1.82) is 0 Å². The van der Waals surface area contributed by atoms with Crippen LogP contribution >= 0.6 is 0 Å². The quantitative estimate of drug-likeness (QED) is 0.653. The van der Waals surface area contributed by atoms with E-state index in [1.165, 1.54) is 0 Å². The molecule has 0 aliphatic heterocycles. The maximum atomic E-state index is 11.5. The van der Waals surface area contributed by atoms with Gasteiger partial charge in [-0.1, -0.05) is 5.57 Å². The summed E-state index contributed by atoms with van der Waals surface area (Å²) in [5.74, 6) is 0.0379. The molecule has 3 heteroatoms. The van der Waals surface area contributed by atoms with Crippen LogP contribution in [0.1, 0.15) is 27.2 Å². The summed E-state index contributed by atoms with van der Waals surface area (Å²) in [4.78, 5) is 13.2. The first-order valence-electron chi connectivity index (χ1n) is 4.66. The lowest BCUT2D eigenvalue weighted by molar-refractivity contribution is -0.126. The molecule has 76 valence electrons. The Morgan fingerprint density at radius 1 is 1.46 bits per heavy atom. The van der Waals surface area contributed by atoms with Crippen LogP contribution in [0.2, 0.25) is 0 Å². The largest absolute Gasteiger partial charge is 0.396 e. The Kier molecular flexibility index (Phi) is 6.24. The van der Waals surface area contributed by atoms with Gasteiger partial charge in [0.25, 0.3) is 0 Å². The lowest BCUT2D eigenvalue weighted by Crippen LogP contribution is -2.30. The number of allylic oxidation sites excluding steroid dienone is 1. The van der Waals surface area contributed by atoms with Crippen molar-refractivity contribution in [2.75, 3.05) is 19.7 Å². The number of likely N-dealkylation sites (N-methyl/N-ethyl adjacent to an activating group) is 1. The third-order valence-electron chi connectivity index (χ3n) is 1.69. The Bertz CT molecular complexity index is 183. The van der Waals surface area contributed by atoms with Crippen molar-refractivity contribution in [3.8, 4) is 0 Å². The first-order chi connectivity index (χ1) is 6.11. The summed E-state index contributed by atoms with van der Waals surface area (Å²) in [5.41, 5.74) is 1.01. The van der Waals surface area contributed by atoms with Gasteiger partial charge in [-0.3, -0.25) is 4.79 Å². The molecule has 0 aliphatic carbocycles. The third-order valence-corrected chi connectivity index (χ3v) is 1.69. The second-order valence-corrected chi connectivity index (χ2v) is 3.22. The predicted octanol–water partition coefficient (Wildman–Crippen LogP) is 1.18. The lowest BCUT2D eigenvalue weighted by Gasteiger charge is -2.18. The molecule has 0 unspecified atom stereocenters. The molecule has 0 bridgehead atoms. The van der Waals surface area contributed by atoms with Crippen LogP contribution in [0, 0.1) is 0 Å². The van der Waals surface area contributed by atoms with E-state index in [1.54, 1.807) is 11.0 Å². The Labute approximate surface area is 80.0 Å². The van der Waals surface area contributed by atoms with E-state index in [4.69, 9.17) is 5.11 Å². The monoisotopic (exact) mass is 185 g/mol. The van der Waals surface area contributed by atoms with Gasteiger partial charge in [-0.25, -0.2) is 0 Å². The molecule has 0 spiro atoms. The first-order valence-corrected chi connectivity index (χ1v) is 4.66. The number of carbonyl (C=O) groups excluding carboxylic acids is 1. The molecule has 1 N–H and O–H groups in total. The number of carbonyl (C=O) groups is 1. The highest BCUT2D eigenvalue weighted by Gasteiger charge is 2.06. The summed E-state index contributed by atoms with van der Waals surface area (Å²) in [7, 11) is 0.